The van der Waals surface area contributed by atoms with Crippen molar-refractivity contribution in [2.24, 2.45) is 0 Å². The SMILES string of the molecule is O=c1[nH]c(=O)n([C@H]2C[C@H](O)[C@@H](COP(=O)(O)OP(=O)(O)O)O2)cc1I. The lowest BCUT2D eigenvalue weighted by Crippen LogP contribution is -2.33. The topological polar surface area (TPSA) is 198 Å². The van der Waals surface area contributed by atoms with E-state index in [0.717, 1.165) is 4.57 Å². The second-order valence-electron chi connectivity index (χ2n) is 4.91. The fourth-order valence-corrected chi connectivity index (χ4v) is 4.07. The number of ether oxygens (including phenoxy) is 1. The standard InChI is InChI=1S/C9H13IN2O11P2/c10-4-2-12(9(15)11-8(4)14)7-1-5(13)6(22-7)3-21-25(19,20)23-24(16,17)18/h2,5-7,13H,1,3H2,(H,19,20)(H,11,14,15)(H2,16,17,18)/t5-,6+,7+/m0/s1. The first kappa shape index (κ1) is 20.9. The van der Waals surface area contributed by atoms with Crippen LogP contribution in [0.4, 0.5) is 0 Å². The van der Waals surface area contributed by atoms with E-state index >= 15 is 0 Å². The molecule has 16 heteroatoms. The lowest BCUT2D eigenvalue weighted by atomic mass is 10.2. The van der Waals surface area contributed by atoms with Gasteiger partial charge in [-0.2, -0.15) is 4.31 Å². The fraction of sp³-hybridized carbons (Fsp3) is 0.556. The molecular weight excluding hydrogens is 501 g/mol. The van der Waals surface area contributed by atoms with Gasteiger partial charge in [0.25, 0.3) is 5.56 Å². The fourth-order valence-electron chi connectivity index (χ4n) is 2.04. The van der Waals surface area contributed by atoms with Gasteiger partial charge in [0, 0.05) is 12.6 Å². The predicted octanol–water partition coefficient (Wildman–Crippen LogP) is -0.984. The van der Waals surface area contributed by atoms with E-state index in [4.69, 9.17) is 14.5 Å². The summed E-state index contributed by atoms with van der Waals surface area (Å²) in [5.41, 5.74) is -1.36. The number of aromatic amines is 1. The van der Waals surface area contributed by atoms with Gasteiger partial charge in [-0.3, -0.25) is 18.9 Å². The van der Waals surface area contributed by atoms with Crippen molar-refractivity contribution in [1.82, 2.24) is 9.55 Å². The summed E-state index contributed by atoms with van der Waals surface area (Å²) in [4.78, 5) is 51.3. The third kappa shape index (κ3) is 5.79. The molecule has 0 aromatic carbocycles. The average Bonchev–Trinajstić information content (AvgIpc) is 2.79. The Morgan fingerprint density at radius 2 is 2.00 bits per heavy atom. The number of phosphoric acid groups is 2. The minimum atomic E-state index is -5.26. The van der Waals surface area contributed by atoms with Crippen LogP contribution in [0, 0.1) is 3.57 Å². The number of nitrogens with zero attached hydrogens (tertiary/aromatic N) is 1. The van der Waals surface area contributed by atoms with Crippen molar-refractivity contribution in [3.05, 3.63) is 30.6 Å². The molecule has 4 atom stereocenters. The molecule has 2 rings (SSSR count). The number of halogens is 1. The molecule has 1 aliphatic heterocycles. The molecule has 5 N–H and O–H groups in total. The predicted molar refractivity (Wildman–Crippen MR) is 87.5 cm³/mol. The minimum Gasteiger partial charge on any atom is -0.390 e. The summed E-state index contributed by atoms with van der Waals surface area (Å²) in [5, 5.41) is 9.90. The van der Waals surface area contributed by atoms with E-state index in [9.17, 15) is 28.7 Å². The van der Waals surface area contributed by atoms with Crippen LogP contribution in [0.2, 0.25) is 0 Å². The molecule has 0 aliphatic carbocycles. The Bertz CT molecular complexity index is 847. The quantitative estimate of drug-likeness (QED) is 0.231. The minimum absolute atomic E-state index is 0.0921. The number of aliphatic hydroxyl groups is 1. The molecule has 1 aromatic rings. The molecule has 1 saturated heterocycles. The summed E-state index contributed by atoms with van der Waals surface area (Å²) in [5.74, 6) is 0. The highest BCUT2D eigenvalue weighted by Gasteiger charge is 2.39. The van der Waals surface area contributed by atoms with Gasteiger partial charge >= 0.3 is 21.3 Å². The van der Waals surface area contributed by atoms with Gasteiger partial charge < -0.3 is 24.5 Å². The second kappa shape index (κ2) is 7.68. The first-order chi connectivity index (χ1) is 11.4. The number of hydrogen-bond donors (Lipinski definition) is 5. The van der Waals surface area contributed by atoms with E-state index in [1.54, 1.807) is 22.6 Å². The van der Waals surface area contributed by atoms with Crippen LogP contribution in [0.25, 0.3) is 0 Å². The van der Waals surface area contributed by atoms with Gasteiger partial charge in [0.2, 0.25) is 0 Å². The molecular formula is C9H13IN2O11P2. The molecule has 1 aliphatic rings. The van der Waals surface area contributed by atoms with Gasteiger partial charge in [-0.1, -0.05) is 0 Å². The first-order valence-electron chi connectivity index (χ1n) is 6.47. The lowest BCUT2D eigenvalue weighted by molar-refractivity contribution is -0.0450. The van der Waals surface area contributed by atoms with Crippen molar-refractivity contribution >= 4 is 38.2 Å². The van der Waals surface area contributed by atoms with Gasteiger partial charge in [-0.05, 0) is 22.6 Å². The molecule has 142 valence electrons. The highest BCUT2D eigenvalue weighted by atomic mass is 127. The highest BCUT2D eigenvalue weighted by molar-refractivity contribution is 14.1. The van der Waals surface area contributed by atoms with E-state index in [2.05, 4.69) is 13.8 Å². The third-order valence-corrected chi connectivity index (χ3v) is 5.97. The van der Waals surface area contributed by atoms with Crippen LogP contribution in [-0.2, 0) is 22.7 Å². The molecule has 0 radical (unpaired) electrons. The molecule has 25 heavy (non-hydrogen) atoms. The number of phosphoric ester groups is 1. The van der Waals surface area contributed by atoms with Gasteiger partial charge in [-0.25, -0.2) is 13.9 Å². The van der Waals surface area contributed by atoms with Crippen LogP contribution < -0.4 is 11.2 Å². The summed E-state index contributed by atoms with van der Waals surface area (Å²) >= 11 is 1.70. The maximum absolute atomic E-state index is 11.8. The van der Waals surface area contributed by atoms with Crippen LogP contribution in [0.3, 0.4) is 0 Å². The third-order valence-electron chi connectivity index (χ3n) is 3.05. The number of aliphatic hydroxyl groups excluding tert-OH is 1. The molecule has 1 aromatic heterocycles. The molecule has 1 unspecified atom stereocenters. The summed E-state index contributed by atoms with van der Waals surface area (Å²) in [7, 11) is -10.3. The molecule has 0 saturated carbocycles. The van der Waals surface area contributed by atoms with E-state index in [-0.39, 0.29) is 9.99 Å². The van der Waals surface area contributed by atoms with Crippen molar-refractivity contribution in [3.63, 3.8) is 0 Å². The van der Waals surface area contributed by atoms with Gasteiger partial charge in [0.05, 0.1) is 16.3 Å². The number of rotatable bonds is 6. The van der Waals surface area contributed by atoms with Crippen molar-refractivity contribution in [1.29, 1.82) is 0 Å². The van der Waals surface area contributed by atoms with E-state index in [1.165, 1.54) is 6.20 Å². The molecule has 0 spiro atoms. The number of hydrogen-bond acceptors (Lipinski definition) is 8. The van der Waals surface area contributed by atoms with E-state index < -0.39 is 51.9 Å². The van der Waals surface area contributed by atoms with Gasteiger partial charge in [0.1, 0.15) is 12.3 Å². The lowest BCUT2D eigenvalue weighted by Gasteiger charge is -2.18. The average molecular weight is 514 g/mol. The Morgan fingerprint density at radius 3 is 2.60 bits per heavy atom. The maximum atomic E-state index is 11.8. The van der Waals surface area contributed by atoms with Crippen LogP contribution in [0.15, 0.2) is 15.8 Å². The summed E-state index contributed by atoms with van der Waals surface area (Å²) in [6.07, 6.45) is -2.25. The number of H-pyrrole nitrogens is 1. The Balaban J connectivity index is 2.06. The zero-order chi connectivity index (χ0) is 19.0. The number of nitrogens with one attached hydrogen (secondary N) is 1. The van der Waals surface area contributed by atoms with Crippen molar-refractivity contribution in [2.75, 3.05) is 6.61 Å². The highest BCUT2D eigenvalue weighted by Crippen LogP contribution is 2.57. The van der Waals surface area contributed by atoms with E-state index in [1.807, 2.05) is 0 Å². The van der Waals surface area contributed by atoms with Gasteiger partial charge in [-0.15, -0.1) is 0 Å². The Labute approximate surface area is 152 Å². The van der Waals surface area contributed by atoms with Crippen molar-refractivity contribution in [2.45, 2.75) is 24.9 Å². The largest absolute Gasteiger partial charge is 0.481 e. The molecule has 0 bridgehead atoms. The first-order valence-corrected chi connectivity index (χ1v) is 10.6. The Hall–Kier alpha value is -0.410. The van der Waals surface area contributed by atoms with Crippen LogP contribution >= 0.6 is 38.2 Å². The smallest absolute Gasteiger partial charge is 0.390 e. The molecule has 0 amide bonds. The molecule has 13 nitrogen and oxygen atoms in total. The van der Waals surface area contributed by atoms with Crippen LogP contribution in [0.1, 0.15) is 12.6 Å². The summed E-state index contributed by atoms with van der Waals surface area (Å²) < 4.78 is 36.5. The van der Waals surface area contributed by atoms with Gasteiger partial charge in [0.15, 0.2) is 0 Å². The summed E-state index contributed by atoms with van der Waals surface area (Å²) in [6, 6.07) is 0. The molecule has 1 fully saturated rings. The monoisotopic (exact) mass is 514 g/mol. The zero-order valence-electron chi connectivity index (χ0n) is 12.1. The number of aromatic nitrogens is 2. The van der Waals surface area contributed by atoms with Crippen molar-refractivity contribution < 1.29 is 42.5 Å². The second-order valence-corrected chi connectivity index (χ2v) is 8.90. The maximum Gasteiger partial charge on any atom is 0.481 e. The Kier molecular flexibility index (Phi) is 6.42. The molecule has 2 heterocycles. The summed E-state index contributed by atoms with van der Waals surface area (Å²) in [6.45, 7) is -0.735. The van der Waals surface area contributed by atoms with Crippen LogP contribution in [-0.4, -0.2) is 48.2 Å². The van der Waals surface area contributed by atoms with E-state index in [0.29, 0.717) is 0 Å². The zero-order valence-corrected chi connectivity index (χ0v) is 16.0. The Morgan fingerprint density at radius 1 is 1.36 bits per heavy atom. The van der Waals surface area contributed by atoms with Crippen molar-refractivity contribution in [3.8, 4) is 0 Å². The van der Waals surface area contributed by atoms with Crippen LogP contribution in [0.5, 0.6) is 0 Å². The normalized spacial score (nSPS) is 26.5.